The molecule has 2 atom stereocenters. The lowest BCUT2D eigenvalue weighted by molar-refractivity contribution is -0.165. The second kappa shape index (κ2) is 6.69. The summed E-state index contributed by atoms with van der Waals surface area (Å²) in [6.07, 6.45) is 3.73. The third-order valence-electron chi connectivity index (χ3n) is 5.87. The minimum atomic E-state index is -0.980. The average Bonchev–Trinajstić information content (AvgIpc) is 3.21. The van der Waals surface area contributed by atoms with E-state index in [4.69, 9.17) is 11.3 Å². The van der Waals surface area contributed by atoms with E-state index >= 15 is 0 Å². The van der Waals surface area contributed by atoms with Crippen LogP contribution in [0.25, 0.3) is 4.85 Å². The average molecular weight is 367 g/mol. The number of nitrogens with zero attached hydrogens (tertiary/aromatic N) is 2. The molecule has 1 aromatic carbocycles. The van der Waals surface area contributed by atoms with Crippen molar-refractivity contribution < 1.29 is 19.1 Å². The summed E-state index contributed by atoms with van der Waals surface area (Å²) in [5.41, 5.74) is 0.497. The van der Waals surface area contributed by atoms with Gasteiger partial charge in [0, 0.05) is 12.2 Å². The van der Waals surface area contributed by atoms with Gasteiger partial charge in [-0.25, -0.2) is 11.4 Å². The molecule has 27 heavy (non-hydrogen) atoms. The largest absolute Gasteiger partial charge is 0.455 e. The molecule has 1 aromatic rings. The number of amides is 2. The van der Waals surface area contributed by atoms with E-state index in [0.29, 0.717) is 5.69 Å². The Hall–Kier alpha value is -2.88. The molecule has 2 aliphatic heterocycles. The van der Waals surface area contributed by atoms with Crippen molar-refractivity contribution in [3.63, 3.8) is 0 Å². The summed E-state index contributed by atoms with van der Waals surface area (Å²) in [6.45, 7) is 7.48. The Morgan fingerprint density at radius 2 is 1.96 bits per heavy atom. The molecule has 1 aliphatic carbocycles. The number of nitrogens with one attached hydrogen (secondary N) is 1. The van der Waals surface area contributed by atoms with Crippen LogP contribution < -0.4 is 5.32 Å². The molecule has 3 aliphatic rings. The topological polar surface area (TPSA) is 80.1 Å². The molecule has 2 fully saturated rings. The Bertz CT molecular complexity index is 840. The highest BCUT2D eigenvalue weighted by Gasteiger charge is 2.59. The quantitative estimate of drug-likeness (QED) is 0.469. The van der Waals surface area contributed by atoms with Crippen LogP contribution in [0, 0.1) is 6.57 Å². The van der Waals surface area contributed by atoms with E-state index in [2.05, 4.69) is 10.2 Å². The molecule has 0 unspecified atom stereocenters. The predicted octanol–water partition coefficient (Wildman–Crippen LogP) is 2.23. The number of para-hydroxylation sites is 1. The molecule has 1 N–H and O–H groups in total. The molecule has 1 saturated carbocycles. The standard InChI is InChI=1S/C20H21N3O4/c1-21-16-11-20(14-9-5-6-10-15(14)22-19(20)26)12-23(16)17(24)18(25)27-13-7-3-2-4-8-13/h5-6,9-10,13,16H,2-4,7-8,11-12H2,(H,22,26)/t16-,20-/m0/s1. The number of esters is 1. The SMILES string of the molecule is [C-]#[N+][C@@H]1C[C@@]2(CN1C(=O)C(=O)OC1CCCCC1)C(=O)Nc1ccccc12. The Morgan fingerprint density at radius 1 is 1.22 bits per heavy atom. The highest BCUT2D eigenvalue weighted by atomic mass is 16.5. The zero-order chi connectivity index (χ0) is 19.0. The van der Waals surface area contributed by atoms with E-state index < -0.39 is 23.5 Å². The molecule has 2 amide bonds. The molecule has 0 aromatic heterocycles. The monoisotopic (exact) mass is 367 g/mol. The molecule has 4 rings (SSSR count). The van der Waals surface area contributed by atoms with Crippen molar-refractivity contribution in [3.05, 3.63) is 41.2 Å². The number of carbonyl (C=O) groups excluding carboxylic acids is 3. The van der Waals surface area contributed by atoms with Gasteiger partial charge in [0.25, 0.3) is 0 Å². The lowest BCUT2D eigenvalue weighted by atomic mass is 9.80. The van der Waals surface area contributed by atoms with Crippen molar-refractivity contribution in [2.75, 3.05) is 11.9 Å². The van der Waals surface area contributed by atoms with Gasteiger partial charge in [-0.2, -0.15) is 0 Å². The van der Waals surface area contributed by atoms with Crippen LogP contribution in [0.5, 0.6) is 0 Å². The van der Waals surface area contributed by atoms with Gasteiger partial charge in [-0.1, -0.05) is 24.6 Å². The van der Waals surface area contributed by atoms with E-state index in [0.717, 1.165) is 37.7 Å². The highest BCUT2D eigenvalue weighted by molar-refractivity contribution is 6.32. The number of fused-ring (bicyclic) bond motifs is 2. The number of ether oxygens (including phenoxy) is 1. The fourth-order valence-electron chi connectivity index (χ4n) is 4.44. The number of likely N-dealkylation sites (tertiary alicyclic amines) is 1. The lowest BCUT2D eigenvalue weighted by Crippen LogP contribution is -2.43. The second-order valence-electron chi connectivity index (χ2n) is 7.49. The van der Waals surface area contributed by atoms with Crippen LogP contribution >= 0.6 is 0 Å². The van der Waals surface area contributed by atoms with Gasteiger partial charge < -0.3 is 10.1 Å². The molecule has 1 spiro atoms. The summed E-state index contributed by atoms with van der Waals surface area (Å²) in [6, 6.07) is 7.29. The Balaban J connectivity index is 1.55. The van der Waals surface area contributed by atoms with Gasteiger partial charge in [0.2, 0.25) is 5.91 Å². The van der Waals surface area contributed by atoms with Crippen LogP contribution in [0.15, 0.2) is 24.3 Å². The summed E-state index contributed by atoms with van der Waals surface area (Å²) in [4.78, 5) is 42.5. The number of rotatable bonds is 1. The van der Waals surface area contributed by atoms with Crippen molar-refractivity contribution >= 4 is 23.5 Å². The van der Waals surface area contributed by atoms with Crippen LogP contribution in [-0.2, 0) is 24.5 Å². The molecular weight excluding hydrogens is 346 g/mol. The van der Waals surface area contributed by atoms with Crippen LogP contribution in [0.1, 0.15) is 44.1 Å². The normalized spacial score (nSPS) is 27.1. The smallest absolute Gasteiger partial charge is 0.397 e. The van der Waals surface area contributed by atoms with Gasteiger partial charge >= 0.3 is 18.0 Å². The van der Waals surface area contributed by atoms with Crippen molar-refractivity contribution in [3.8, 4) is 0 Å². The number of carbonyl (C=O) groups is 3. The number of benzene rings is 1. The van der Waals surface area contributed by atoms with Crippen LogP contribution in [0.2, 0.25) is 0 Å². The first-order valence-electron chi connectivity index (χ1n) is 9.34. The molecule has 7 nitrogen and oxygen atoms in total. The van der Waals surface area contributed by atoms with E-state index in [1.807, 2.05) is 18.2 Å². The Labute approximate surface area is 157 Å². The maximum atomic E-state index is 12.7. The van der Waals surface area contributed by atoms with Gasteiger partial charge in [-0.3, -0.25) is 19.3 Å². The van der Waals surface area contributed by atoms with E-state index in [9.17, 15) is 14.4 Å². The van der Waals surface area contributed by atoms with E-state index in [1.165, 1.54) is 4.90 Å². The molecule has 7 heteroatoms. The van der Waals surface area contributed by atoms with Crippen LogP contribution in [-0.4, -0.2) is 41.5 Å². The highest BCUT2D eigenvalue weighted by Crippen LogP contribution is 2.46. The molecule has 140 valence electrons. The van der Waals surface area contributed by atoms with E-state index in [1.54, 1.807) is 6.07 Å². The third-order valence-corrected chi connectivity index (χ3v) is 5.87. The van der Waals surface area contributed by atoms with E-state index in [-0.39, 0.29) is 25.0 Å². The summed E-state index contributed by atoms with van der Waals surface area (Å²) >= 11 is 0. The van der Waals surface area contributed by atoms with Gasteiger partial charge in [0.05, 0.1) is 6.42 Å². The Morgan fingerprint density at radius 3 is 2.70 bits per heavy atom. The first kappa shape index (κ1) is 17.5. The van der Waals surface area contributed by atoms with Crippen molar-refractivity contribution in [1.29, 1.82) is 0 Å². The minimum Gasteiger partial charge on any atom is -0.455 e. The van der Waals surface area contributed by atoms with Crippen molar-refractivity contribution in [2.45, 2.75) is 56.2 Å². The lowest BCUT2D eigenvalue weighted by Gasteiger charge is -2.23. The molecular formula is C20H21N3O4. The van der Waals surface area contributed by atoms with Gasteiger partial charge in [0.1, 0.15) is 11.5 Å². The molecule has 0 bridgehead atoms. The summed E-state index contributed by atoms with van der Waals surface area (Å²) < 4.78 is 5.37. The Kier molecular flexibility index (Phi) is 4.34. The van der Waals surface area contributed by atoms with Gasteiger partial charge in [-0.15, -0.1) is 0 Å². The van der Waals surface area contributed by atoms with Crippen molar-refractivity contribution in [1.82, 2.24) is 4.90 Å². The van der Waals surface area contributed by atoms with Crippen molar-refractivity contribution in [2.24, 2.45) is 0 Å². The molecule has 0 radical (unpaired) electrons. The first-order chi connectivity index (χ1) is 13.0. The fourth-order valence-corrected chi connectivity index (χ4v) is 4.44. The third kappa shape index (κ3) is 2.85. The number of anilines is 1. The van der Waals surface area contributed by atoms with Gasteiger partial charge in [-0.05, 0) is 37.3 Å². The first-order valence-corrected chi connectivity index (χ1v) is 9.34. The molecule has 2 heterocycles. The second-order valence-corrected chi connectivity index (χ2v) is 7.49. The molecule has 1 saturated heterocycles. The maximum absolute atomic E-state index is 12.7. The van der Waals surface area contributed by atoms with Crippen LogP contribution in [0.3, 0.4) is 0 Å². The minimum absolute atomic E-state index is 0.0154. The number of hydrogen-bond acceptors (Lipinski definition) is 4. The fraction of sp³-hybridized carbons (Fsp3) is 0.500. The van der Waals surface area contributed by atoms with Gasteiger partial charge in [0.15, 0.2) is 0 Å². The number of hydrogen-bond donors (Lipinski definition) is 1. The zero-order valence-electron chi connectivity index (χ0n) is 14.9. The zero-order valence-corrected chi connectivity index (χ0v) is 14.9. The summed E-state index contributed by atoms with van der Waals surface area (Å²) in [7, 11) is 0. The van der Waals surface area contributed by atoms with Crippen LogP contribution in [0.4, 0.5) is 5.69 Å². The maximum Gasteiger partial charge on any atom is 0.397 e. The predicted molar refractivity (Wildman–Crippen MR) is 96.4 cm³/mol. The summed E-state index contributed by atoms with van der Waals surface area (Å²) in [5, 5.41) is 2.83. The summed E-state index contributed by atoms with van der Waals surface area (Å²) in [5.74, 6) is -1.97.